The van der Waals surface area contributed by atoms with E-state index in [1.54, 1.807) is 0 Å². The Bertz CT molecular complexity index is 372. The minimum atomic E-state index is 0.473. The third kappa shape index (κ3) is 2.80. The van der Waals surface area contributed by atoms with Crippen LogP contribution in [0.4, 0.5) is 0 Å². The van der Waals surface area contributed by atoms with Crippen molar-refractivity contribution in [2.45, 2.75) is 19.9 Å². The van der Waals surface area contributed by atoms with E-state index in [1.807, 2.05) is 12.1 Å². The summed E-state index contributed by atoms with van der Waals surface area (Å²) in [7, 11) is 0. The molecule has 2 rings (SSSR count). The van der Waals surface area contributed by atoms with E-state index in [1.165, 1.54) is 25.1 Å². The van der Waals surface area contributed by atoms with Gasteiger partial charge < -0.3 is 5.73 Å². The molecule has 0 aromatic heterocycles. The van der Waals surface area contributed by atoms with Crippen molar-refractivity contribution in [1.82, 2.24) is 4.90 Å². The first-order valence-electron chi connectivity index (χ1n) is 5.76. The molecule has 2 N–H and O–H groups in total. The largest absolute Gasteiger partial charge is 0.389 e. The number of hydrogen-bond donors (Lipinski definition) is 1. The standard InChI is InChI=1S/C13H18N2S/c1-10-6-7-15(8-10)9-11-2-4-12(5-3-11)13(14)16/h2-5,10H,6-9H2,1H3,(H2,14,16). The van der Waals surface area contributed by atoms with Crippen LogP contribution in [0.1, 0.15) is 24.5 Å². The Morgan fingerprint density at radius 3 is 2.62 bits per heavy atom. The van der Waals surface area contributed by atoms with E-state index in [2.05, 4.69) is 24.0 Å². The van der Waals surface area contributed by atoms with Crippen molar-refractivity contribution in [2.75, 3.05) is 13.1 Å². The molecule has 1 aromatic rings. The third-order valence-corrected chi connectivity index (χ3v) is 3.39. The molecule has 86 valence electrons. The van der Waals surface area contributed by atoms with Gasteiger partial charge in [-0.25, -0.2) is 0 Å². The fourth-order valence-electron chi connectivity index (χ4n) is 2.20. The molecule has 1 unspecified atom stereocenters. The summed E-state index contributed by atoms with van der Waals surface area (Å²) in [5.74, 6) is 0.843. The molecular weight excluding hydrogens is 216 g/mol. The number of likely N-dealkylation sites (tertiary alicyclic amines) is 1. The Hall–Kier alpha value is -0.930. The van der Waals surface area contributed by atoms with Crippen molar-refractivity contribution in [1.29, 1.82) is 0 Å². The molecule has 0 saturated carbocycles. The smallest absolute Gasteiger partial charge is 0.103 e. The van der Waals surface area contributed by atoms with Gasteiger partial charge >= 0.3 is 0 Å². The van der Waals surface area contributed by atoms with Crippen LogP contribution < -0.4 is 5.73 Å². The van der Waals surface area contributed by atoms with Crippen molar-refractivity contribution in [3.63, 3.8) is 0 Å². The molecule has 1 atom stereocenters. The lowest BCUT2D eigenvalue weighted by atomic mass is 10.1. The summed E-state index contributed by atoms with van der Waals surface area (Å²) < 4.78 is 0. The van der Waals surface area contributed by atoms with Crippen molar-refractivity contribution < 1.29 is 0 Å². The average Bonchev–Trinajstić information content (AvgIpc) is 2.65. The van der Waals surface area contributed by atoms with Gasteiger partial charge in [-0.1, -0.05) is 43.4 Å². The zero-order chi connectivity index (χ0) is 11.5. The molecule has 0 spiro atoms. The van der Waals surface area contributed by atoms with Crippen LogP contribution in [0.2, 0.25) is 0 Å². The second-order valence-electron chi connectivity index (χ2n) is 4.69. The summed E-state index contributed by atoms with van der Waals surface area (Å²) in [6.45, 7) is 5.80. The van der Waals surface area contributed by atoms with Gasteiger partial charge in [0.05, 0.1) is 0 Å². The summed E-state index contributed by atoms with van der Waals surface area (Å²) in [4.78, 5) is 2.97. The predicted octanol–water partition coefficient (Wildman–Crippen LogP) is 2.16. The second-order valence-corrected chi connectivity index (χ2v) is 5.13. The van der Waals surface area contributed by atoms with Gasteiger partial charge in [-0.3, -0.25) is 4.90 Å². The van der Waals surface area contributed by atoms with Gasteiger partial charge in [-0.2, -0.15) is 0 Å². The van der Waals surface area contributed by atoms with Crippen LogP contribution in [0.15, 0.2) is 24.3 Å². The van der Waals surface area contributed by atoms with E-state index in [0.29, 0.717) is 4.99 Å². The highest BCUT2D eigenvalue weighted by molar-refractivity contribution is 7.80. The molecule has 16 heavy (non-hydrogen) atoms. The molecule has 1 fully saturated rings. The number of nitrogens with zero attached hydrogens (tertiary/aromatic N) is 1. The highest BCUT2D eigenvalue weighted by atomic mass is 32.1. The molecule has 0 radical (unpaired) electrons. The zero-order valence-electron chi connectivity index (χ0n) is 9.65. The Morgan fingerprint density at radius 2 is 2.12 bits per heavy atom. The van der Waals surface area contributed by atoms with Crippen molar-refractivity contribution in [2.24, 2.45) is 11.7 Å². The van der Waals surface area contributed by atoms with Gasteiger partial charge in [-0.15, -0.1) is 0 Å². The molecule has 1 saturated heterocycles. The number of thiocarbonyl (C=S) groups is 1. The van der Waals surface area contributed by atoms with E-state index in [-0.39, 0.29) is 0 Å². The molecule has 0 amide bonds. The lowest BCUT2D eigenvalue weighted by Gasteiger charge is -2.15. The van der Waals surface area contributed by atoms with E-state index < -0.39 is 0 Å². The Balaban J connectivity index is 1.97. The number of nitrogens with two attached hydrogens (primary N) is 1. The molecule has 1 heterocycles. The molecule has 1 aromatic carbocycles. The van der Waals surface area contributed by atoms with Crippen molar-refractivity contribution >= 4 is 17.2 Å². The normalized spacial score (nSPS) is 21.2. The first-order valence-corrected chi connectivity index (χ1v) is 6.17. The minimum absolute atomic E-state index is 0.473. The molecular formula is C13H18N2S. The van der Waals surface area contributed by atoms with E-state index in [0.717, 1.165) is 18.0 Å². The molecule has 0 bridgehead atoms. The SMILES string of the molecule is CC1CCN(Cc2ccc(C(N)=S)cc2)C1. The van der Waals surface area contributed by atoms with E-state index in [4.69, 9.17) is 18.0 Å². The van der Waals surface area contributed by atoms with Crippen molar-refractivity contribution in [3.05, 3.63) is 35.4 Å². The van der Waals surface area contributed by atoms with Gasteiger partial charge in [0.15, 0.2) is 0 Å². The molecule has 1 aliphatic rings. The fourth-order valence-corrected chi connectivity index (χ4v) is 2.34. The maximum Gasteiger partial charge on any atom is 0.103 e. The van der Waals surface area contributed by atoms with Crippen LogP contribution in [0.3, 0.4) is 0 Å². The van der Waals surface area contributed by atoms with Gasteiger partial charge in [0, 0.05) is 18.7 Å². The van der Waals surface area contributed by atoms with Crippen LogP contribution in [-0.4, -0.2) is 23.0 Å². The predicted molar refractivity (Wildman–Crippen MR) is 71.4 cm³/mol. The molecule has 2 nitrogen and oxygen atoms in total. The number of hydrogen-bond acceptors (Lipinski definition) is 2. The Kier molecular flexibility index (Phi) is 3.56. The monoisotopic (exact) mass is 234 g/mol. The topological polar surface area (TPSA) is 29.3 Å². The summed E-state index contributed by atoms with van der Waals surface area (Å²) in [6, 6.07) is 8.27. The number of benzene rings is 1. The van der Waals surface area contributed by atoms with Crippen LogP contribution in [0.25, 0.3) is 0 Å². The molecule has 1 aliphatic heterocycles. The van der Waals surface area contributed by atoms with Crippen LogP contribution in [0, 0.1) is 5.92 Å². The Morgan fingerprint density at radius 1 is 1.44 bits per heavy atom. The van der Waals surface area contributed by atoms with Gasteiger partial charge in [0.25, 0.3) is 0 Å². The van der Waals surface area contributed by atoms with Crippen LogP contribution in [-0.2, 0) is 6.54 Å². The Labute approximate surface area is 102 Å². The van der Waals surface area contributed by atoms with E-state index >= 15 is 0 Å². The fraction of sp³-hybridized carbons (Fsp3) is 0.462. The zero-order valence-corrected chi connectivity index (χ0v) is 10.5. The second kappa shape index (κ2) is 4.93. The summed E-state index contributed by atoms with van der Waals surface area (Å²) in [6.07, 6.45) is 1.32. The van der Waals surface area contributed by atoms with Crippen LogP contribution in [0.5, 0.6) is 0 Å². The summed E-state index contributed by atoms with van der Waals surface area (Å²) >= 11 is 4.93. The molecule has 0 aliphatic carbocycles. The highest BCUT2D eigenvalue weighted by Crippen LogP contribution is 2.17. The van der Waals surface area contributed by atoms with E-state index in [9.17, 15) is 0 Å². The quantitative estimate of drug-likeness (QED) is 0.813. The first-order chi connectivity index (χ1) is 7.65. The summed E-state index contributed by atoms with van der Waals surface area (Å²) in [5.41, 5.74) is 7.86. The lowest BCUT2D eigenvalue weighted by Crippen LogP contribution is -2.19. The number of rotatable bonds is 3. The average molecular weight is 234 g/mol. The first kappa shape index (κ1) is 11.6. The van der Waals surface area contributed by atoms with Gasteiger partial charge in [0.1, 0.15) is 4.99 Å². The maximum absolute atomic E-state index is 5.57. The van der Waals surface area contributed by atoms with Gasteiger partial charge in [0.2, 0.25) is 0 Å². The maximum atomic E-state index is 5.57. The third-order valence-electron chi connectivity index (χ3n) is 3.15. The molecule has 3 heteroatoms. The summed E-state index contributed by atoms with van der Waals surface area (Å²) in [5, 5.41) is 0. The minimum Gasteiger partial charge on any atom is -0.389 e. The van der Waals surface area contributed by atoms with Gasteiger partial charge in [-0.05, 0) is 24.4 Å². The highest BCUT2D eigenvalue weighted by Gasteiger charge is 2.18. The van der Waals surface area contributed by atoms with Crippen LogP contribution >= 0.6 is 12.2 Å². The lowest BCUT2D eigenvalue weighted by molar-refractivity contribution is 0.320. The van der Waals surface area contributed by atoms with Crippen molar-refractivity contribution in [3.8, 4) is 0 Å².